The lowest BCUT2D eigenvalue weighted by molar-refractivity contribution is -0.136. The number of carbonyl (C=O) groups excluding carboxylic acids is 3. The predicted molar refractivity (Wildman–Crippen MR) is 122 cm³/mol. The molecule has 0 spiro atoms. The second-order valence-corrected chi connectivity index (χ2v) is 10.3. The molecule has 1 atom stereocenters. The van der Waals surface area contributed by atoms with Crippen LogP contribution in [0.1, 0.15) is 52.7 Å². The van der Waals surface area contributed by atoms with E-state index in [9.17, 15) is 22.8 Å². The number of aryl methyl sites for hydroxylation is 1. The van der Waals surface area contributed by atoms with Gasteiger partial charge in [0.25, 0.3) is 11.8 Å². The fourth-order valence-corrected chi connectivity index (χ4v) is 5.36. The molecule has 1 saturated heterocycles. The highest BCUT2D eigenvalue weighted by Crippen LogP contribution is 2.21. The van der Waals surface area contributed by atoms with E-state index in [1.807, 2.05) is 6.92 Å². The normalized spacial score (nSPS) is 16.8. The zero-order valence-corrected chi connectivity index (χ0v) is 19.5. The molecule has 0 saturated carbocycles. The number of rotatable bonds is 9. The van der Waals surface area contributed by atoms with Gasteiger partial charge in [-0.15, -0.1) is 0 Å². The molecule has 1 aliphatic heterocycles. The molecule has 10 heteroatoms. The third-order valence-corrected chi connectivity index (χ3v) is 7.27. The number of ether oxygens (including phenoxy) is 1. The molecule has 1 aromatic carbocycles. The monoisotopic (exact) mass is 476 g/mol. The number of sulfone groups is 1. The Labute approximate surface area is 193 Å². The van der Waals surface area contributed by atoms with Crippen LogP contribution < -0.4 is 5.32 Å². The molecule has 33 heavy (non-hydrogen) atoms. The third kappa shape index (κ3) is 6.44. The average molecular weight is 477 g/mol. The van der Waals surface area contributed by atoms with Gasteiger partial charge >= 0.3 is 5.97 Å². The van der Waals surface area contributed by atoms with Crippen molar-refractivity contribution in [2.75, 3.05) is 30.0 Å². The largest absolute Gasteiger partial charge is 0.459 e. The number of amides is 2. The van der Waals surface area contributed by atoms with Crippen molar-refractivity contribution in [1.29, 1.82) is 0 Å². The molecule has 1 N–H and O–H groups in total. The molecule has 0 unspecified atom stereocenters. The van der Waals surface area contributed by atoms with Crippen LogP contribution in [0.4, 0.5) is 5.69 Å². The summed E-state index contributed by atoms with van der Waals surface area (Å²) in [5.74, 6) is -1.46. The van der Waals surface area contributed by atoms with Gasteiger partial charge in [0, 0.05) is 18.3 Å². The number of esters is 1. The quantitative estimate of drug-likeness (QED) is 0.552. The zero-order chi connectivity index (χ0) is 24.0. The van der Waals surface area contributed by atoms with E-state index in [0.717, 1.165) is 18.4 Å². The van der Waals surface area contributed by atoms with Crippen LogP contribution in [0.15, 0.2) is 41.0 Å². The van der Waals surface area contributed by atoms with E-state index in [4.69, 9.17) is 9.15 Å². The first-order valence-electron chi connectivity index (χ1n) is 10.8. The van der Waals surface area contributed by atoms with Crippen LogP contribution in [0.25, 0.3) is 0 Å². The summed E-state index contributed by atoms with van der Waals surface area (Å²) in [6.07, 6.45) is 3.35. The van der Waals surface area contributed by atoms with Crippen molar-refractivity contribution in [1.82, 2.24) is 4.90 Å². The Morgan fingerprint density at radius 2 is 2.03 bits per heavy atom. The first-order chi connectivity index (χ1) is 15.7. The minimum Gasteiger partial charge on any atom is -0.459 e. The van der Waals surface area contributed by atoms with E-state index in [2.05, 4.69) is 5.32 Å². The number of hydrogen-bond donors (Lipinski definition) is 1. The predicted octanol–water partition coefficient (Wildman–Crippen LogP) is 2.81. The van der Waals surface area contributed by atoms with Crippen LogP contribution in [0, 0.1) is 6.92 Å². The van der Waals surface area contributed by atoms with Gasteiger partial charge in [-0.25, -0.2) is 13.2 Å². The standard InChI is InChI=1S/C23H28N2O7S/c1-3-4-10-25(18-9-12-33(29,30)15-18)21(26)14-32-23(28)17-8-7-16(2)19(13-17)24-22(27)20-6-5-11-31-20/h5-8,11,13,18H,3-4,9-10,12,14-15H2,1-2H3,(H,24,27)/t18-/m0/s1. The number of furan rings is 1. The fraction of sp³-hybridized carbons (Fsp3) is 0.435. The Kier molecular flexibility index (Phi) is 7.91. The highest BCUT2D eigenvalue weighted by atomic mass is 32.2. The van der Waals surface area contributed by atoms with Crippen LogP contribution >= 0.6 is 0 Å². The molecule has 178 valence electrons. The van der Waals surface area contributed by atoms with Gasteiger partial charge in [0.1, 0.15) is 0 Å². The highest BCUT2D eigenvalue weighted by Gasteiger charge is 2.34. The Morgan fingerprint density at radius 3 is 2.67 bits per heavy atom. The molecule has 1 aromatic heterocycles. The molecule has 1 fully saturated rings. The number of unbranched alkanes of at least 4 members (excludes halogenated alkanes) is 1. The molecule has 3 rings (SSSR count). The van der Waals surface area contributed by atoms with Crippen LogP contribution in [-0.4, -0.2) is 61.8 Å². The lowest BCUT2D eigenvalue weighted by atomic mass is 10.1. The summed E-state index contributed by atoms with van der Waals surface area (Å²) in [4.78, 5) is 39.1. The topological polar surface area (TPSA) is 123 Å². The molecule has 0 radical (unpaired) electrons. The van der Waals surface area contributed by atoms with E-state index in [-0.39, 0.29) is 22.8 Å². The van der Waals surface area contributed by atoms with Gasteiger partial charge in [-0.3, -0.25) is 9.59 Å². The van der Waals surface area contributed by atoms with Crippen LogP contribution in [0.3, 0.4) is 0 Å². The summed E-state index contributed by atoms with van der Waals surface area (Å²) in [7, 11) is -3.15. The molecule has 9 nitrogen and oxygen atoms in total. The molecule has 1 aliphatic rings. The first kappa shape index (κ1) is 24.5. The maximum absolute atomic E-state index is 12.8. The average Bonchev–Trinajstić information content (AvgIpc) is 3.43. The summed E-state index contributed by atoms with van der Waals surface area (Å²) >= 11 is 0. The van der Waals surface area contributed by atoms with Crippen LogP contribution in [-0.2, 0) is 19.4 Å². The SMILES string of the molecule is CCCCN(C(=O)COC(=O)c1ccc(C)c(NC(=O)c2ccco2)c1)[C@H]1CCS(=O)(=O)C1. The molecule has 0 aliphatic carbocycles. The molecule has 0 bridgehead atoms. The molecular weight excluding hydrogens is 448 g/mol. The molecule has 2 aromatic rings. The van der Waals surface area contributed by atoms with Crippen LogP contribution in [0.5, 0.6) is 0 Å². The first-order valence-corrected chi connectivity index (χ1v) is 12.6. The van der Waals surface area contributed by atoms with E-state index in [1.54, 1.807) is 25.1 Å². The second kappa shape index (κ2) is 10.7. The Morgan fingerprint density at radius 1 is 1.24 bits per heavy atom. The van der Waals surface area contributed by atoms with E-state index in [1.165, 1.54) is 23.3 Å². The van der Waals surface area contributed by atoms with Gasteiger partial charge in [0.05, 0.1) is 23.3 Å². The molecular formula is C23H28N2O7S. The number of anilines is 1. The van der Waals surface area contributed by atoms with E-state index < -0.39 is 40.3 Å². The van der Waals surface area contributed by atoms with E-state index in [0.29, 0.717) is 18.7 Å². The van der Waals surface area contributed by atoms with Crippen molar-refractivity contribution in [2.45, 2.75) is 39.2 Å². The van der Waals surface area contributed by atoms with Crippen LogP contribution in [0.2, 0.25) is 0 Å². The van der Waals surface area contributed by atoms with Gasteiger partial charge in [-0.1, -0.05) is 19.4 Å². The summed E-state index contributed by atoms with van der Waals surface area (Å²) in [6.45, 7) is 3.69. The van der Waals surface area contributed by atoms with Gasteiger partial charge < -0.3 is 19.4 Å². The van der Waals surface area contributed by atoms with Gasteiger partial charge in [-0.05, 0) is 49.6 Å². The number of nitrogens with zero attached hydrogens (tertiary/aromatic N) is 1. The number of nitrogens with one attached hydrogen (secondary N) is 1. The lowest BCUT2D eigenvalue weighted by Gasteiger charge is -2.28. The Balaban J connectivity index is 1.64. The van der Waals surface area contributed by atoms with Gasteiger partial charge in [0.2, 0.25) is 0 Å². The highest BCUT2D eigenvalue weighted by molar-refractivity contribution is 7.91. The molecule has 2 amide bonds. The maximum atomic E-state index is 12.8. The number of hydrogen-bond acceptors (Lipinski definition) is 7. The lowest BCUT2D eigenvalue weighted by Crippen LogP contribution is -2.43. The van der Waals surface area contributed by atoms with Crippen molar-refractivity contribution in [2.24, 2.45) is 0 Å². The second-order valence-electron chi connectivity index (χ2n) is 8.03. The zero-order valence-electron chi connectivity index (χ0n) is 18.7. The number of carbonyl (C=O) groups is 3. The van der Waals surface area contributed by atoms with Crippen molar-refractivity contribution >= 4 is 33.3 Å². The van der Waals surface area contributed by atoms with Crippen molar-refractivity contribution < 1.29 is 32.0 Å². The number of benzene rings is 1. The summed E-state index contributed by atoms with van der Waals surface area (Å²) < 4.78 is 34.0. The summed E-state index contributed by atoms with van der Waals surface area (Å²) in [6, 6.07) is 7.40. The van der Waals surface area contributed by atoms with Gasteiger partial charge in [-0.2, -0.15) is 0 Å². The Hall–Kier alpha value is -3.14. The fourth-order valence-electron chi connectivity index (χ4n) is 3.63. The summed E-state index contributed by atoms with van der Waals surface area (Å²) in [5.41, 5.74) is 1.32. The van der Waals surface area contributed by atoms with Crippen molar-refractivity contribution in [3.8, 4) is 0 Å². The maximum Gasteiger partial charge on any atom is 0.338 e. The smallest absolute Gasteiger partial charge is 0.338 e. The minimum atomic E-state index is -3.15. The van der Waals surface area contributed by atoms with Crippen molar-refractivity contribution in [3.05, 3.63) is 53.5 Å². The third-order valence-electron chi connectivity index (χ3n) is 5.52. The van der Waals surface area contributed by atoms with Gasteiger partial charge in [0.15, 0.2) is 22.2 Å². The summed E-state index contributed by atoms with van der Waals surface area (Å²) in [5, 5.41) is 2.69. The van der Waals surface area contributed by atoms with Crippen molar-refractivity contribution in [3.63, 3.8) is 0 Å². The van der Waals surface area contributed by atoms with E-state index >= 15 is 0 Å². The Bertz CT molecular complexity index is 1110. The molecule has 2 heterocycles. The minimum absolute atomic E-state index is 0.0588.